The molecular weight excluding hydrogens is 443 g/mol. The van der Waals surface area contributed by atoms with Crippen LogP contribution in [0.2, 0.25) is 0 Å². The lowest BCUT2D eigenvalue weighted by Gasteiger charge is -2.40. The second kappa shape index (κ2) is 8.17. The standard InChI is InChI=1S/C21H26F3N5O2S/c1-12-11-28(7-8-29(12)19(30)31-20(2,3)4)17-15(27-18(32-17)21(22,23)24)14-9-25-16(26-10-14)13-5-6-13/h9-10,12-13H,5-8,11H2,1-4H3. The highest BCUT2D eigenvalue weighted by Gasteiger charge is 2.39. The van der Waals surface area contributed by atoms with E-state index in [-0.39, 0.29) is 11.7 Å². The topological polar surface area (TPSA) is 71.5 Å². The molecule has 1 aliphatic heterocycles. The van der Waals surface area contributed by atoms with E-state index in [1.807, 2.05) is 11.8 Å². The normalized spacial score (nSPS) is 19.9. The van der Waals surface area contributed by atoms with Crippen molar-refractivity contribution in [3.8, 4) is 11.3 Å². The van der Waals surface area contributed by atoms with Crippen molar-refractivity contribution in [3.05, 3.63) is 23.2 Å². The van der Waals surface area contributed by atoms with Gasteiger partial charge < -0.3 is 14.5 Å². The van der Waals surface area contributed by atoms with E-state index in [4.69, 9.17) is 4.74 Å². The molecule has 2 aromatic rings. The maximum absolute atomic E-state index is 13.5. The van der Waals surface area contributed by atoms with E-state index in [0.29, 0.717) is 47.5 Å². The molecule has 0 bridgehead atoms. The number of rotatable bonds is 3. The van der Waals surface area contributed by atoms with Crippen LogP contribution in [0.25, 0.3) is 11.3 Å². The molecule has 1 saturated carbocycles. The number of halogens is 3. The molecule has 0 spiro atoms. The Labute approximate surface area is 188 Å². The summed E-state index contributed by atoms with van der Waals surface area (Å²) in [4.78, 5) is 28.6. The maximum Gasteiger partial charge on any atom is 0.443 e. The molecule has 1 unspecified atom stereocenters. The molecule has 1 atom stereocenters. The average Bonchev–Trinajstić information content (AvgIpc) is 3.43. The SMILES string of the molecule is CC1CN(c2sc(C(F)(F)F)nc2-c2cnc(C3CC3)nc2)CCN1C(=O)OC(C)(C)C. The summed E-state index contributed by atoms with van der Waals surface area (Å²) < 4.78 is 45.9. The predicted molar refractivity (Wildman–Crippen MR) is 115 cm³/mol. The van der Waals surface area contributed by atoms with Gasteiger partial charge in [-0.2, -0.15) is 13.2 Å². The Morgan fingerprint density at radius 1 is 1.16 bits per heavy atom. The van der Waals surface area contributed by atoms with Crippen LogP contribution in [-0.4, -0.2) is 57.2 Å². The van der Waals surface area contributed by atoms with Crippen LogP contribution in [0.4, 0.5) is 23.0 Å². The van der Waals surface area contributed by atoms with E-state index < -0.39 is 22.9 Å². The third-order valence-electron chi connectivity index (χ3n) is 5.28. The summed E-state index contributed by atoms with van der Waals surface area (Å²) in [6.07, 6.45) is 0.225. The fourth-order valence-corrected chi connectivity index (χ4v) is 4.57. The fourth-order valence-electron chi connectivity index (χ4n) is 3.58. The first kappa shape index (κ1) is 22.8. The van der Waals surface area contributed by atoms with Crippen molar-refractivity contribution in [2.45, 2.75) is 64.3 Å². The summed E-state index contributed by atoms with van der Waals surface area (Å²) in [5, 5.41) is -0.494. The first-order valence-corrected chi connectivity index (χ1v) is 11.4. The van der Waals surface area contributed by atoms with Gasteiger partial charge in [-0.25, -0.2) is 19.7 Å². The number of alkyl halides is 3. The predicted octanol–water partition coefficient (Wildman–Crippen LogP) is 4.94. The van der Waals surface area contributed by atoms with Gasteiger partial charge in [-0.3, -0.25) is 0 Å². The first-order valence-electron chi connectivity index (χ1n) is 10.6. The smallest absolute Gasteiger partial charge is 0.443 e. The van der Waals surface area contributed by atoms with Gasteiger partial charge in [0.2, 0.25) is 5.01 Å². The van der Waals surface area contributed by atoms with Crippen LogP contribution in [0.5, 0.6) is 0 Å². The van der Waals surface area contributed by atoms with E-state index in [1.54, 1.807) is 38.1 Å². The Hall–Kier alpha value is -2.43. The molecule has 174 valence electrons. The molecule has 7 nitrogen and oxygen atoms in total. The van der Waals surface area contributed by atoms with Crippen molar-refractivity contribution in [3.63, 3.8) is 0 Å². The van der Waals surface area contributed by atoms with Crippen molar-refractivity contribution in [1.29, 1.82) is 0 Å². The monoisotopic (exact) mass is 469 g/mol. The van der Waals surface area contributed by atoms with Gasteiger partial charge >= 0.3 is 12.3 Å². The number of ether oxygens (including phenoxy) is 1. The van der Waals surface area contributed by atoms with E-state index in [9.17, 15) is 18.0 Å². The van der Waals surface area contributed by atoms with Gasteiger partial charge in [-0.1, -0.05) is 11.3 Å². The van der Waals surface area contributed by atoms with Gasteiger partial charge in [-0.15, -0.1) is 0 Å². The number of hydrogen-bond donors (Lipinski definition) is 0. The summed E-state index contributed by atoms with van der Waals surface area (Å²) in [5.74, 6) is 1.08. The Balaban J connectivity index is 1.59. The van der Waals surface area contributed by atoms with Crippen molar-refractivity contribution < 1.29 is 22.7 Å². The van der Waals surface area contributed by atoms with Gasteiger partial charge in [0.25, 0.3) is 0 Å². The van der Waals surface area contributed by atoms with Crippen LogP contribution in [0.15, 0.2) is 12.4 Å². The minimum absolute atomic E-state index is 0.225. The number of carbonyl (C=O) groups excluding carboxylic acids is 1. The summed E-state index contributed by atoms with van der Waals surface area (Å²) in [6, 6.07) is -0.239. The first-order chi connectivity index (χ1) is 14.9. The number of anilines is 1. The number of nitrogens with zero attached hydrogens (tertiary/aromatic N) is 5. The average molecular weight is 470 g/mol. The van der Waals surface area contributed by atoms with E-state index in [2.05, 4.69) is 15.0 Å². The van der Waals surface area contributed by atoms with Gasteiger partial charge in [0.05, 0.1) is 0 Å². The third kappa shape index (κ3) is 4.97. The zero-order chi connectivity index (χ0) is 23.3. The zero-order valence-electron chi connectivity index (χ0n) is 18.4. The van der Waals surface area contributed by atoms with E-state index >= 15 is 0 Å². The molecule has 32 heavy (non-hydrogen) atoms. The van der Waals surface area contributed by atoms with Crippen LogP contribution in [0, 0.1) is 0 Å². The molecule has 0 aromatic carbocycles. The van der Waals surface area contributed by atoms with Gasteiger partial charge in [0, 0.05) is 49.6 Å². The maximum atomic E-state index is 13.5. The molecule has 2 aliphatic rings. The lowest BCUT2D eigenvalue weighted by atomic mass is 10.1. The highest BCUT2D eigenvalue weighted by atomic mass is 32.1. The summed E-state index contributed by atoms with van der Waals surface area (Å²) in [7, 11) is 0. The van der Waals surface area contributed by atoms with Crippen LogP contribution in [-0.2, 0) is 10.9 Å². The van der Waals surface area contributed by atoms with Crippen LogP contribution in [0.1, 0.15) is 57.3 Å². The molecular formula is C21H26F3N5O2S. The van der Waals surface area contributed by atoms with E-state index in [0.717, 1.165) is 18.7 Å². The second-order valence-electron chi connectivity index (χ2n) is 9.24. The molecule has 1 amide bonds. The summed E-state index contributed by atoms with van der Waals surface area (Å²) >= 11 is 0.612. The highest BCUT2D eigenvalue weighted by molar-refractivity contribution is 7.16. The number of piperazine rings is 1. The second-order valence-corrected chi connectivity index (χ2v) is 10.2. The van der Waals surface area contributed by atoms with Gasteiger partial charge in [0.1, 0.15) is 22.1 Å². The largest absolute Gasteiger partial charge is 0.444 e. The lowest BCUT2D eigenvalue weighted by molar-refractivity contribution is -0.137. The molecule has 1 saturated heterocycles. The van der Waals surface area contributed by atoms with Gasteiger partial charge in [0.15, 0.2) is 0 Å². The number of carbonyl (C=O) groups is 1. The number of aromatic nitrogens is 3. The minimum Gasteiger partial charge on any atom is -0.444 e. The third-order valence-corrected chi connectivity index (χ3v) is 6.44. The van der Waals surface area contributed by atoms with Crippen LogP contribution in [0.3, 0.4) is 0 Å². The number of hydrogen-bond acceptors (Lipinski definition) is 7. The fraction of sp³-hybridized carbons (Fsp3) is 0.619. The van der Waals surface area contributed by atoms with Crippen LogP contribution < -0.4 is 4.90 Å². The van der Waals surface area contributed by atoms with Crippen molar-refractivity contribution >= 4 is 22.4 Å². The molecule has 4 rings (SSSR count). The minimum atomic E-state index is -4.55. The van der Waals surface area contributed by atoms with Crippen molar-refractivity contribution in [2.24, 2.45) is 0 Å². The number of thiazole rings is 1. The van der Waals surface area contributed by atoms with Gasteiger partial charge in [-0.05, 0) is 40.5 Å². The van der Waals surface area contributed by atoms with Crippen LogP contribution >= 0.6 is 11.3 Å². The molecule has 11 heteroatoms. The zero-order valence-corrected chi connectivity index (χ0v) is 19.3. The summed E-state index contributed by atoms with van der Waals surface area (Å²) in [5.41, 5.74) is 0.0634. The van der Waals surface area contributed by atoms with Crippen molar-refractivity contribution in [2.75, 3.05) is 24.5 Å². The van der Waals surface area contributed by atoms with Crippen molar-refractivity contribution in [1.82, 2.24) is 19.9 Å². The molecule has 1 aliphatic carbocycles. The quantitative estimate of drug-likeness (QED) is 0.634. The Morgan fingerprint density at radius 2 is 1.81 bits per heavy atom. The Kier molecular flexibility index (Phi) is 5.81. The Bertz CT molecular complexity index is 983. The number of amides is 1. The Morgan fingerprint density at radius 3 is 2.34 bits per heavy atom. The molecule has 0 N–H and O–H groups in total. The molecule has 3 heterocycles. The molecule has 2 aromatic heterocycles. The summed E-state index contributed by atoms with van der Waals surface area (Å²) in [6.45, 7) is 8.32. The highest BCUT2D eigenvalue weighted by Crippen LogP contribution is 2.43. The molecule has 2 fully saturated rings. The van der Waals surface area contributed by atoms with E-state index in [1.165, 1.54) is 0 Å². The molecule has 0 radical (unpaired) electrons. The lowest BCUT2D eigenvalue weighted by Crippen LogP contribution is -2.55.